The van der Waals surface area contributed by atoms with E-state index >= 15 is 0 Å². The van der Waals surface area contributed by atoms with Gasteiger partial charge in [0.1, 0.15) is 11.9 Å². The molecule has 0 N–H and O–H groups in total. The van der Waals surface area contributed by atoms with Crippen molar-refractivity contribution in [3.8, 4) is 6.07 Å². The smallest absolute Gasteiger partial charge is 0.254 e. The van der Waals surface area contributed by atoms with Crippen LogP contribution in [0.1, 0.15) is 27.0 Å². The minimum atomic E-state index is 0.0775. The van der Waals surface area contributed by atoms with E-state index in [9.17, 15) is 10.1 Å². The summed E-state index contributed by atoms with van der Waals surface area (Å²) in [6, 6.07) is 11.6. The number of nitriles is 1. The fraction of sp³-hybridized carbons (Fsp3) is 0.316. The van der Waals surface area contributed by atoms with Crippen LogP contribution in [-0.4, -0.2) is 42.0 Å². The number of piperazine rings is 1. The first kappa shape index (κ1) is 16.0. The van der Waals surface area contributed by atoms with Crippen LogP contribution >= 0.6 is 0 Å². The largest absolute Gasteiger partial charge is 0.352 e. The lowest BCUT2D eigenvalue weighted by atomic mass is 10.0. The average molecular weight is 320 g/mol. The fourth-order valence-electron chi connectivity index (χ4n) is 3.08. The van der Waals surface area contributed by atoms with E-state index in [0.717, 1.165) is 16.7 Å². The molecule has 2 heterocycles. The summed E-state index contributed by atoms with van der Waals surface area (Å²) in [4.78, 5) is 21.0. The fourth-order valence-corrected chi connectivity index (χ4v) is 3.08. The predicted octanol–water partition coefficient (Wildman–Crippen LogP) is 2.53. The lowest BCUT2D eigenvalue weighted by Crippen LogP contribution is -2.49. The number of aryl methyl sites for hydroxylation is 2. The van der Waals surface area contributed by atoms with Gasteiger partial charge in [-0.2, -0.15) is 5.26 Å². The quantitative estimate of drug-likeness (QED) is 0.853. The number of carbonyl (C=O) groups is 1. The van der Waals surface area contributed by atoms with Gasteiger partial charge in [-0.05, 0) is 37.6 Å². The summed E-state index contributed by atoms with van der Waals surface area (Å²) in [6.07, 6.45) is 1.70. The summed E-state index contributed by atoms with van der Waals surface area (Å²) in [5.74, 6) is 0.785. The second-order valence-electron chi connectivity index (χ2n) is 6.08. The number of anilines is 1. The van der Waals surface area contributed by atoms with Crippen LogP contribution in [0.2, 0.25) is 0 Å². The molecule has 0 radical (unpaired) electrons. The van der Waals surface area contributed by atoms with Gasteiger partial charge >= 0.3 is 0 Å². The number of pyridine rings is 1. The Balaban J connectivity index is 1.71. The number of aromatic nitrogens is 1. The Morgan fingerprint density at radius 3 is 2.58 bits per heavy atom. The van der Waals surface area contributed by atoms with Gasteiger partial charge in [-0.3, -0.25) is 4.79 Å². The first-order valence-corrected chi connectivity index (χ1v) is 8.07. The Kier molecular flexibility index (Phi) is 4.48. The molecular weight excluding hydrogens is 300 g/mol. The zero-order valence-electron chi connectivity index (χ0n) is 14.0. The molecule has 0 aliphatic carbocycles. The minimum Gasteiger partial charge on any atom is -0.352 e. The lowest BCUT2D eigenvalue weighted by molar-refractivity contribution is 0.0746. The van der Waals surface area contributed by atoms with Crippen LogP contribution in [0.4, 0.5) is 5.82 Å². The summed E-state index contributed by atoms with van der Waals surface area (Å²) in [7, 11) is 0. The summed E-state index contributed by atoms with van der Waals surface area (Å²) in [5.41, 5.74) is 3.52. The molecule has 1 saturated heterocycles. The van der Waals surface area contributed by atoms with Crippen molar-refractivity contribution in [3.05, 3.63) is 58.8 Å². The van der Waals surface area contributed by atoms with Gasteiger partial charge in [0.25, 0.3) is 5.91 Å². The maximum absolute atomic E-state index is 12.7. The first-order valence-electron chi connectivity index (χ1n) is 8.07. The molecule has 1 aromatic heterocycles. The van der Waals surface area contributed by atoms with Crippen molar-refractivity contribution in [2.75, 3.05) is 31.1 Å². The molecule has 0 bridgehead atoms. The molecular formula is C19H20N4O. The van der Waals surface area contributed by atoms with Crippen LogP contribution in [0.5, 0.6) is 0 Å². The van der Waals surface area contributed by atoms with Gasteiger partial charge in [0.2, 0.25) is 0 Å². The molecule has 122 valence electrons. The van der Waals surface area contributed by atoms with Crippen LogP contribution in [0.25, 0.3) is 0 Å². The number of benzene rings is 1. The van der Waals surface area contributed by atoms with Crippen LogP contribution < -0.4 is 4.90 Å². The highest BCUT2D eigenvalue weighted by Crippen LogP contribution is 2.20. The third kappa shape index (κ3) is 3.09. The average Bonchev–Trinajstić information content (AvgIpc) is 2.61. The van der Waals surface area contributed by atoms with E-state index < -0.39 is 0 Å². The van der Waals surface area contributed by atoms with E-state index in [4.69, 9.17) is 0 Å². The minimum absolute atomic E-state index is 0.0775. The molecule has 0 saturated carbocycles. The normalized spacial score (nSPS) is 14.4. The Morgan fingerprint density at radius 2 is 1.92 bits per heavy atom. The van der Waals surface area contributed by atoms with Gasteiger partial charge in [0.15, 0.2) is 0 Å². The molecule has 1 amide bonds. The zero-order valence-corrected chi connectivity index (χ0v) is 14.0. The van der Waals surface area contributed by atoms with Gasteiger partial charge in [0, 0.05) is 37.9 Å². The Labute approximate surface area is 142 Å². The zero-order chi connectivity index (χ0) is 17.1. The van der Waals surface area contributed by atoms with Crippen molar-refractivity contribution in [3.63, 3.8) is 0 Å². The SMILES string of the molecule is Cc1ccc(C(=O)N2CCN(c3ncccc3C#N)CC2)c(C)c1. The molecule has 1 aliphatic heterocycles. The molecule has 0 unspecified atom stereocenters. The lowest BCUT2D eigenvalue weighted by Gasteiger charge is -2.36. The van der Waals surface area contributed by atoms with Gasteiger partial charge in [-0.1, -0.05) is 17.7 Å². The second kappa shape index (κ2) is 6.71. The Hall–Kier alpha value is -2.87. The van der Waals surface area contributed by atoms with Crippen molar-refractivity contribution in [1.29, 1.82) is 5.26 Å². The van der Waals surface area contributed by atoms with Crippen molar-refractivity contribution < 1.29 is 4.79 Å². The summed E-state index contributed by atoms with van der Waals surface area (Å²) in [6.45, 7) is 6.63. The number of nitrogens with zero attached hydrogens (tertiary/aromatic N) is 4. The number of amides is 1. The standard InChI is InChI=1S/C19H20N4O/c1-14-5-6-17(15(2)12-14)19(24)23-10-8-22(9-11-23)18-16(13-20)4-3-7-21-18/h3-7,12H,8-11H2,1-2H3. The maximum Gasteiger partial charge on any atom is 0.254 e. The molecule has 1 aliphatic rings. The summed E-state index contributed by atoms with van der Waals surface area (Å²) in [5, 5.41) is 9.21. The van der Waals surface area contributed by atoms with Crippen LogP contribution in [0, 0.1) is 25.2 Å². The Morgan fingerprint density at radius 1 is 1.17 bits per heavy atom. The highest BCUT2D eigenvalue weighted by atomic mass is 16.2. The molecule has 5 heteroatoms. The number of hydrogen-bond acceptors (Lipinski definition) is 4. The van der Waals surface area contributed by atoms with Gasteiger partial charge in [-0.25, -0.2) is 4.98 Å². The highest BCUT2D eigenvalue weighted by molar-refractivity contribution is 5.95. The van der Waals surface area contributed by atoms with E-state index in [0.29, 0.717) is 37.6 Å². The van der Waals surface area contributed by atoms with Crippen molar-refractivity contribution >= 4 is 11.7 Å². The van der Waals surface area contributed by atoms with E-state index in [-0.39, 0.29) is 5.91 Å². The molecule has 0 spiro atoms. The maximum atomic E-state index is 12.7. The Bertz CT molecular complexity index is 801. The predicted molar refractivity (Wildman–Crippen MR) is 93.0 cm³/mol. The van der Waals surface area contributed by atoms with Gasteiger partial charge in [0.05, 0.1) is 5.56 Å². The molecule has 24 heavy (non-hydrogen) atoms. The van der Waals surface area contributed by atoms with E-state index in [1.807, 2.05) is 36.9 Å². The summed E-state index contributed by atoms with van der Waals surface area (Å²) >= 11 is 0. The molecule has 5 nitrogen and oxygen atoms in total. The third-order valence-electron chi connectivity index (χ3n) is 4.39. The summed E-state index contributed by atoms with van der Waals surface area (Å²) < 4.78 is 0. The van der Waals surface area contributed by atoms with Gasteiger partial charge < -0.3 is 9.80 Å². The molecule has 3 rings (SSSR count). The van der Waals surface area contributed by atoms with Crippen LogP contribution in [-0.2, 0) is 0 Å². The van der Waals surface area contributed by atoms with Crippen LogP contribution in [0.3, 0.4) is 0 Å². The van der Waals surface area contributed by atoms with Crippen molar-refractivity contribution in [2.45, 2.75) is 13.8 Å². The second-order valence-corrected chi connectivity index (χ2v) is 6.08. The molecule has 0 atom stereocenters. The van der Waals surface area contributed by atoms with E-state index in [1.165, 1.54) is 0 Å². The van der Waals surface area contributed by atoms with E-state index in [1.54, 1.807) is 18.3 Å². The monoisotopic (exact) mass is 320 g/mol. The highest BCUT2D eigenvalue weighted by Gasteiger charge is 2.24. The number of carbonyl (C=O) groups excluding carboxylic acids is 1. The topological polar surface area (TPSA) is 60.2 Å². The molecule has 2 aromatic rings. The van der Waals surface area contributed by atoms with Crippen molar-refractivity contribution in [2.24, 2.45) is 0 Å². The molecule has 1 aromatic carbocycles. The third-order valence-corrected chi connectivity index (χ3v) is 4.39. The van der Waals surface area contributed by atoms with E-state index in [2.05, 4.69) is 16.0 Å². The number of hydrogen-bond donors (Lipinski definition) is 0. The number of rotatable bonds is 2. The first-order chi connectivity index (χ1) is 11.6. The molecule has 1 fully saturated rings. The van der Waals surface area contributed by atoms with Crippen molar-refractivity contribution in [1.82, 2.24) is 9.88 Å². The van der Waals surface area contributed by atoms with Crippen LogP contribution in [0.15, 0.2) is 36.5 Å². The van der Waals surface area contributed by atoms with Gasteiger partial charge in [-0.15, -0.1) is 0 Å².